The van der Waals surface area contributed by atoms with Gasteiger partial charge < -0.3 is 9.84 Å². The minimum absolute atomic E-state index is 0.275. The Balaban J connectivity index is 3.34. The molecule has 0 spiro atoms. The summed E-state index contributed by atoms with van der Waals surface area (Å²) in [6, 6.07) is 0. The number of aliphatic hydroxyl groups is 1. The van der Waals surface area contributed by atoms with Gasteiger partial charge in [0.2, 0.25) is 0 Å². The Hall–Kier alpha value is -1.16. The Morgan fingerprint density at radius 3 is 1.38 bits per heavy atom. The topological polar surface area (TPSA) is 63.6 Å². The molecule has 0 aliphatic carbocycles. The summed E-state index contributed by atoms with van der Waals surface area (Å²) >= 11 is 0. The molecule has 1 N–H and O–H groups in total. The van der Waals surface area contributed by atoms with Crippen LogP contribution in [0.2, 0.25) is 0 Å². The molecule has 0 aromatic rings. The zero-order chi connectivity index (χ0) is 23.5. The van der Waals surface area contributed by atoms with Gasteiger partial charge in [-0.1, -0.05) is 103 Å². The van der Waals surface area contributed by atoms with E-state index in [1.807, 2.05) is 0 Å². The molecule has 0 aromatic heterocycles. The van der Waals surface area contributed by atoms with E-state index >= 15 is 0 Å². The lowest BCUT2D eigenvalue weighted by molar-refractivity contribution is -0.159. The third kappa shape index (κ3) is 25.1. The highest BCUT2D eigenvalue weighted by atomic mass is 16.6. The molecule has 0 saturated carbocycles. The molecule has 4 heteroatoms. The maximum absolute atomic E-state index is 11.8. The molecule has 0 atom stereocenters. The van der Waals surface area contributed by atoms with E-state index in [1.54, 1.807) is 0 Å². The molecule has 0 fully saturated rings. The molecule has 0 radical (unpaired) electrons. The summed E-state index contributed by atoms with van der Waals surface area (Å²) in [5.41, 5.74) is 0. The van der Waals surface area contributed by atoms with Crippen LogP contribution in [0.4, 0.5) is 0 Å². The van der Waals surface area contributed by atoms with Crippen LogP contribution in [0.5, 0.6) is 0 Å². The number of hydrogen-bond donors (Lipinski definition) is 1. The minimum Gasteiger partial charge on any atom is -0.396 e. The second-order valence-corrected chi connectivity index (χ2v) is 9.13. The van der Waals surface area contributed by atoms with E-state index in [-0.39, 0.29) is 18.5 Å². The van der Waals surface area contributed by atoms with Gasteiger partial charge in [0.05, 0.1) is 0 Å². The first kappa shape index (κ1) is 30.8. The first-order valence-corrected chi connectivity index (χ1v) is 13.7. The molecule has 0 amide bonds. The van der Waals surface area contributed by atoms with E-state index < -0.39 is 0 Å². The molecule has 188 valence electrons. The van der Waals surface area contributed by atoms with Crippen LogP contribution in [0.1, 0.15) is 148 Å². The van der Waals surface area contributed by atoms with Gasteiger partial charge in [-0.15, -0.1) is 0 Å². The smallest absolute Gasteiger partial charge is 0.313 e. The van der Waals surface area contributed by atoms with Gasteiger partial charge in [0.1, 0.15) is 0 Å². The molecule has 0 aliphatic rings. The highest BCUT2D eigenvalue weighted by Gasteiger charge is 2.09. The summed E-state index contributed by atoms with van der Waals surface area (Å²) in [4.78, 5) is 23.5. The first-order valence-electron chi connectivity index (χ1n) is 13.7. The highest BCUT2D eigenvalue weighted by Crippen LogP contribution is 2.11. The molecule has 0 unspecified atom stereocenters. The van der Waals surface area contributed by atoms with Crippen LogP contribution in [0.15, 0.2) is 12.2 Å². The zero-order valence-electron chi connectivity index (χ0n) is 21.1. The third-order valence-electron chi connectivity index (χ3n) is 5.91. The largest absolute Gasteiger partial charge is 0.396 e. The van der Waals surface area contributed by atoms with Crippen molar-refractivity contribution >= 4 is 11.9 Å². The number of unbranched alkanes of at least 4 members (excludes halogenated alkanes) is 17. The fraction of sp³-hybridized carbons (Fsp3) is 0.857. The Kier molecular flexibility index (Phi) is 25.1. The molecule has 0 bridgehead atoms. The van der Waals surface area contributed by atoms with Gasteiger partial charge >= 0.3 is 11.9 Å². The average molecular weight is 453 g/mol. The van der Waals surface area contributed by atoms with Gasteiger partial charge in [-0.05, 0) is 44.9 Å². The van der Waals surface area contributed by atoms with E-state index in [2.05, 4.69) is 19.1 Å². The summed E-state index contributed by atoms with van der Waals surface area (Å²) in [5.74, 6) is -0.736. The zero-order valence-corrected chi connectivity index (χ0v) is 21.1. The molecule has 4 nitrogen and oxygen atoms in total. The third-order valence-corrected chi connectivity index (χ3v) is 5.91. The average Bonchev–Trinajstić information content (AvgIpc) is 2.78. The predicted octanol–water partition coefficient (Wildman–Crippen LogP) is 8.21. The molecule has 0 heterocycles. The van der Waals surface area contributed by atoms with Crippen molar-refractivity contribution < 1.29 is 19.4 Å². The number of esters is 2. The Morgan fingerprint density at radius 1 is 0.562 bits per heavy atom. The molecule has 0 rings (SSSR count). The molecule has 32 heavy (non-hydrogen) atoms. The Morgan fingerprint density at radius 2 is 0.938 bits per heavy atom. The van der Waals surface area contributed by atoms with Crippen molar-refractivity contribution in [1.82, 2.24) is 0 Å². The summed E-state index contributed by atoms with van der Waals surface area (Å²) in [6.07, 6.45) is 28.4. The van der Waals surface area contributed by atoms with Gasteiger partial charge in [-0.3, -0.25) is 9.59 Å². The van der Waals surface area contributed by atoms with Crippen LogP contribution in [0.25, 0.3) is 0 Å². The summed E-state index contributed by atoms with van der Waals surface area (Å²) in [5, 5.41) is 8.72. The van der Waals surface area contributed by atoms with E-state index in [9.17, 15) is 9.59 Å². The summed E-state index contributed by atoms with van der Waals surface area (Å²) in [6.45, 7) is 2.53. The van der Waals surface area contributed by atoms with Crippen LogP contribution < -0.4 is 0 Å². The molecular formula is C28H52O4. The van der Waals surface area contributed by atoms with E-state index in [1.165, 1.54) is 57.8 Å². The lowest BCUT2D eigenvalue weighted by Gasteiger charge is -2.04. The van der Waals surface area contributed by atoms with Crippen LogP contribution >= 0.6 is 0 Å². The van der Waals surface area contributed by atoms with Gasteiger partial charge in [-0.2, -0.15) is 0 Å². The number of allylic oxidation sites excluding steroid dienone is 2. The normalized spacial score (nSPS) is 11.3. The van der Waals surface area contributed by atoms with Crippen molar-refractivity contribution in [1.29, 1.82) is 0 Å². The second kappa shape index (κ2) is 26.1. The van der Waals surface area contributed by atoms with Crippen LogP contribution in [0.3, 0.4) is 0 Å². The van der Waals surface area contributed by atoms with Crippen LogP contribution in [-0.4, -0.2) is 23.7 Å². The number of aliphatic hydroxyl groups excluding tert-OH is 1. The number of carbonyl (C=O) groups excluding carboxylic acids is 2. The van der Waals surface area contributed by atoms with Gasteiger partial charge in [-0.25, -0.2) is 0 Å². The molecular weight excluding hydrogens is 400 g/mol. The molecule has 0 saturated heterocycles. The fourth-order valence-electron chi connectivity index (χ4n) is 3.83. The van der Waals surface area contributed by atoms with E-state index in [0.717, 1.165) is 70.6 Å². The lowest BCUT2D eigenvalue weighted by Crippen LogP contribution is -2.11. The van der Waals surface area contributed by atoms with E-state index in [4.69, 9.17) is 9.84 Å². The fourth-order valence-corrected chi connectivity index (χ4v) is 3.83. The first-order chi connectivity index (χ1) is 15.7. The van der Waals surface area contributed by atoms with Gasteiger partial charge in [0.25, 0.3) is 0 Å². The van der Waals surface area contributed by atoms with Crippen molar-refractivity contribution in [2.24, 2.45) is 0 Å². The lowest BCUT2D eigenvalue weighted by atomic mass is 10.1. The van der Waals surface area contributed by atoms with Gasteiger partial charge in [0, 0.05) is 19.4 Å². The number of hydrogen-bond acceptors (Lipinski definition) is 4. The standard InChI is InChI=1S/C28H52O4/c1-2-3-4-5-6-7-8-9-10-11-12-13-15-18-21-24-27(30)32-28(31)25-22-19-16-14-17-20-23-26-29/h9-10,29H,2-8,11-26H2,1H3/b10-9-. The molecule has 0 aromatic carbocycles. The van der Waals surface area contributed by atoms with Crippen molar-refractivity contribution in [3.05, 3.63) is 12.2 Å². The van der Waals surface area contributed by atoms with Crippen molar-refractivity contribution in [2.45, 2.75) is 148 Å². The maximum atomic E-state index is 11.8. The Labute approximate surface area is 198 Å². The number of ether oxygens (including phenoxy) is 1. The summed E-state index contributed by atoms with van der Waals surface area (Å²) in [7, 11) is 0. The molecule has 0 aliphatic heterocycles. The van der Waals surface area contributed by atoms with Crippen LogP contribution in [0, 0.1) is 0 Å². The maximum Gasteiger partial charge on any atom is 0.313 e. The Bertz CT molecular complexity index is 445. The summed E-state index contributed by atoms with van der Waals surface area (Å²) < 4.78 is 4.91. The number of carbonyl (C=O) groups is 2. The van der Waals surface area contributed by atoms with Gasteiger partial charge in [0.15, 0.2) is 0 Å². The highest BCUT2D eigenvalue weighted by molar-refractivity contribution is 5.85. The monoisotopic (exact) mass is 452 g/mol. The number of rotatable bonds is 24. The van der Waals surface area contributed by atoms with Crippen LogP contribution in [-0.2, 0) is 14.3 Å². The SMILES string of the molecule is CCCCCCCC/C=C\CCCCCCCC(=O)OC(=O)CCCCCCCCCO. The predicted molar refractivity (Wildman–Crippen MR) is 135 cm³/mol. The van der Waals surface area contributed by atoms with Crippen molar-refractivity contribution in [3.63, 3.8) is 0 Å². The quantitative estimate of drug-likeness (QED) is 0.0693. The van der Waals surface area contributed by atoms with E-state index in [0.29, 0.717) is 12.8 Å². The van der Waals surface area contributed by atoms with Crippen molar-refractivity contribution in [2.75, 3.05) is 6.61 Å². The minimum atomic E-state index is -0.372. The second-order valence-electron chi connectivity index (χ2n) is 9.13. The van der Waals surface area contributed by atoms with Crippen molar-refractivity contribution in [3.8, 4) is 0 Å².